The summed E-state index contributed by atoms with van der Waals surface area (Å²) < 4.78 is 6.21. The van der Waals surface area contributed by atoms with E-state index in [9.17, 15) is 0 Å². The fraction of sp³-hybridized carbons (Fsp3) is 0.667. The van der Waals surface area contributed by atoms with Crippen LogP contribution < -0.4 is 0 Å². The van der Waals surface area contributed by atoms with Crippen LogP contribution in [0.4, 0.5) is 0 Å². The van der Waals surface area contributed by atoms with Crippen LogP contribution in [-0.4, -0.2) is 20.8 Å². The number of rotatable bonds is 8. The molecule has 0 heterocycles. The van der Waals surface area contributed by atoms with E-state index in [1.165, 1.54) is 11.1 Å². The monoisotopic (exact) mass is 328 g/mol. The van der Waals surface area contributed by atoms with Crippen molar-refractivity contribution in [1.29, 1.82) is 0 Å². The summed E-state index contributed by atoms with van der Waals surface area (Å²) in [5.74, 6) is 0.583. The van der Waals surface area contributed by atoms with E-state index < -0.39 is 8.32 Å². The van der Waals surface area contributed by atoms with Crippen LogP contribution in [0.25, 0.3) is 0 Å². The van der Waals surface area contributed by atoms with E-state index >= 15 is 0 Å². The Bertz CT molecular complexity index is 387. The zero-order chi connectivity index (χ0) is 16.5. The van der Waals surface area contributed by atoms with Gasteiger partial charge >= 0.3 is 0 Å². The maximum atomic E-state index is 6.21. The van der Waals surface area contributed by atoms with E-state index in [-0.39, 0.29) is 5.04 Å². The summed E-state index contributed by atoms with van der Waals surface area (Å²) in [6.07, 6.45) is 10.8. The number of halogens is 1. The number of hydrogen-bond acceptors (Lipinski definition) is 1. The van der Waals surface area contributed by atoms with Gasteiger partial charge in [-0.05, 0) is 44.8 Å². The molecule has 0 saturated heterocycles. The van der Waals surface area contributed by atoms with Gasteiger partial charge in [-0.3, -0.25) is 0 Å². The molecule has 21 heavy (non-hydrogen) atoms. The summed E-state index contributed by atoms with van der Waals surface area (Å²) in [4.78, 5) is 0. The molecule has 122 valence electrons. The molecule has 0 bridgehead atoms. The normalized spacial score (nSPS) is 15.0. The molecule has 0 unspecified atom stereocenters. The van der Waals surface area contributed by atoms with E-state index in [1.807, 2.05) is 6.08 Å². The quantitative estimate of drug-likeness (QED) is 0.163. The van der Waals surface area contributed by atoms with Crippen molar-refractivity contribution in [2.75, 3.05) is 12.5 Å². The largest absolute Gasteiger partial charge is 0.413 e. The average Bonchev–Trinajstić information content (AvgIpc) is 2.35. The van der Waals surface area contributed by atoms with E-state index in [0.717, 1.165) is 19.4 Å². The molecular weight excluding hydrogens is 296 g/mol. The number of allylic oxidation sites excluding steroid dienone is 5. The van der Waals surface area contributed by atoms with Gasteiger partial charge in [-0.2, -0.15) is 0 Å². The summed E-state index contributed by atoms with van der Waals surface area (Å²) >= 11 is 5.65. The minimum Gasteiger partial charge on any atom is -0.413 e. The molecule has 1 nitrogen and oxygen atoms in total. The van der Waals surface area contributed by atoms with Crippen molar-refractivity contribution in [3.05, 3.63) is 35.5 Å². The first-order valence-corrected chi connectivity index (χ1v) is 11.2. The number of alkyl halides is 1. The highest BCUT2D eigenvalue weighted by Crippen LogP contribution is 2.36. The van der Waals surface area contributed by atoms with Gasteiger partial charge in [-0.15, -0.1) is 11.6 Å². The average molecular weight is 329 g/mol. The Morgan fingerprint density at radius 2 is 1.71 bits per heavy atom. The maximum Gasteiger partial charge on any atom is 0.192 e. The predicted molar refractivity (Wildman–Crippen MR) is 99.8 cm³/mol. The lowest BCUT2D eigenvalue weighted by Crippen LogP contribution is -2.41. The first-order valence-electron chi connectivity index (χ1n) is 7.79. The molecule has 0 fully saturated rings. The van der Waals surface area contributed by atoms with Crippen molar-refractivity contribution in [2.45, 2.75) is 65.6 Å². The lowest BCUT2D eigenvalue weighted by Gasteiger charge is -2.36. The summed E-state index contributed by atoms with van der Waals surface area (Å²) in [7, 11) is -1.62. The van der Waals surface area contributed by atoms with Gasteiger partial charge in [0.15, 0.2) is 8.32 Å². The molecule has 0 amide bonds. The molecule has 0 N–H and O–H groups in total. The van der Waals surface area contributed by atoms with Crippen LogP contribution in [0, 0.1) is 0 Å². The number of unbranched alkanes of at least 4 members (excludes halogenated alkanes) is 1. The minimum absolute atomic E-state index is 0.280. The van der Waals surface area contributed by atoms with Gasteiger partial charge in [0, 0.05) is 5.88 Å². The van der Waals surface area contributed by atoms with Crippen LogP contribution in [0.2, 0.25) is 18.1 Å². The predicted octanol–water partition coefficient (Wildman–Crippen LogP) is 6.48. The maximum absolute atomic E-state index is 6.21. The summed E-state index contributed by atoms with van der Waals surface area (Å²) in [6, 6.07) is 0. The molecule has 3 heteroatoms. The standard InChI is InChI=1S/C18H33ClOSi/c1-16(13-14-19)11-9-8-10-12-17(2)15-20-21(6,7)18(3,4)5/h9,11-13H,8,10,14-15H2,1-7H3/b11-9+,16-13+,17-12+. The third-order valence-electron chi connectivity index (χ3n) is 4.07. The second-order valence-corrected chi connectivity index (χ2v) is 12.3. The molecule has 0 aliphatic heterocycles. The van der Waals surface area contributed by atoms with Crippen LogP contribution >= 0.6 is 11.6 Å². The Balaban J connectivity index is 4.14. The highest BCUT2D eigenvalue weighted by molar-refractivity contribution is 6.74. The molecule has 0 saturated carbocycles. The second kappa shape index (κ2) is 9.65. The smallest absolute Gasteiger partial charge is 0.192 e. The summed E-state index contributed by atoms with van der Waals surface area (Å²) in [5, 5.41) is 0.280. The first-order chi connectivity index (χ1) is 9.60. The van der Waals surface area contributed by atoms with E-state index in [0.29, 0.717) is 5.88 Å². The van der Waals surface area contributed by atoms with Gasteiger partial charge in [-0.1, -0.05) is 56.2 Å². The van der Waals surface area contributed by atoms with E-state index in [2.05, 4.69) is 65.9 Å². The zero-order valence-corrected chi connectivity index (χ0v) is 16.7. The molecule has 0 atom stereocenters. The van der Waals surface area contributed by atoms with Crippen molar-refractivity contribution in [2.24, 2.45) is 0 Å². The van der Waals surface area contributed by atoms with Crippen molar-refractivity contribution in [1.82, 2.24) is 0 Å². The third-order valence-corrected chi connectivity index (χ3v) is 8.71. The molecule has 0 aliphatic rings. The summed E-state index contributed by atoms with van der Waals surface area (Å²) in [6.45, 7) is 16.4. The van der Waals surface area contributed by atoms with E-state index in [4.69, 9.17) is 16.0 Å². The van der Waals surface area contributed by atoms with Crippen LogP contribution in [-0.2, 0) is 4.43 Å². The Morgan fingerprint density at radius 1 is 1.10 bits per heavy atom. The van der Waals surface area contributed by atoms with Gasteiger partial charge in [0.25, 0.3) is 0 Å². The fourth-order valence-electron chi connectivity index (χ4n) is 1.45. The Morgan fingerprint density at radius 3 is 2.24 bits per heavy atom. The molecule has 0 aromatic rings. The second-order valence-electron chi connectivity index (χ2n) is 7.18. The van der Waals surface area contributed by atoms with Crippen LogP contribution in [0.1, 0.15) is 47.5 Å². The lowest BCUT2D eigenvalue weighted by molar-refractivity contribution is 0.318. The highest BCUT2D eigenvalue weighted by atomic mass is 35.5. The van der Waals surface area contributed by atoms with Gasteiger partial charge < -0.3 is 4.43 Å². The van der Waals surface area contributed by atoms with Crippen LogP contribution in [0.3, 0.4) is 0 Å². The van der Waals surface area contributed by atoms with Crippen molar-refractivity contribution in [3.63, 3.8) is 0 Å². The Labute approximate surface area is 138 Å². The van der Waals surface area contributed by atoms with Gasteiger partial charge in [0.05, 0.1) is 6.61 Å². The van der Waals surface area contributed by atoms with Crippen LogP contribution in [0.15, 0.2) is 35.5 Å². The molecule has 0 radical (unpaired) electrons. The topological polar surface area (TPSA) is 9.23 Å². The van der Waals surface area contributed by atoms with Crippen molar-refractivity contribution in [3.8, 4) is 0 Å². The van der Waals surface area contributed by atoms with Crippen LogP contribution in [0.5, 0.6) is 0 Å². The van der Waals surface area contributed by atoms with Crippen molar-refractivity contribution < 1.29 is 4.43 Å². The molecular formula is C18H33ClOSi. The molecule has 0 rings (SSSR count). The SMILES string of the molecule is CC(/C=C/CC/C=C(\C)CO[Si](C)(C)C(C)(C)C)=C\CCl. The van der Waals surface area contributed by atoms with E-state index in [1.54, 1.807) is 0 Å². The number of hydrogen-bond donors (Lipinski definition) is 0. The Hall–Kier alpha value is -0.313. The zero-order valence-electron chi connectivity index (χ0n) is 14.9. The molecule has 0 spiro atoms. The fourth-order valence-corrected chi connectivity index (χ4v) is 2.72. The van der Waals surface area contributed by atoms with Gasteiger partial charge in [0.2, 0.25) is 0 Å². The molecule has 0 aromatic heterocycles. The minimum atomic E-state index is -1.62. The summed E-state index contributed by atoms with van der Waals surface area (Å²) in [5.41, 5.74) is 2.56. The van der Waals surface area contributed by atoms with Gasteiger partial charge in [-0.25, -0.2) is 0 Å². The third kappa shape index (κ3) is 9.33. The first kappa shape index (κ1) is 20.7. The lowest BCUT2D eigenvalue weighted by atomic mass is 10.2. The van der Waals surface area contributed by atoms with Crippen molar-refractivity contribution >= 4 is 19.9 Å². The molecule has 0 aliphatic carbocycles. The highest BCUT2D eigenvalue weighted by Gasteiger charge is 2.36. The molecule has 0 aromatic carbocycles. The van der Waals surface area contributed by atoms with Gasteiger partial charge in [0.1, 0.15) is 0 Å². The Kier molecular flexibility index (Phi) is 9.51.